The summed E-state index contributed by atoms with van der Waals surface area (Å²) >= 11 is 11.8. The van der Waals surface area contributed by atoms with Gasteiger partial charge in [0.05, 0.1) is 17.8 Å². The van der Waals surface area contributed by atoms with Gasteiger partial charge in [-0.3, -0.25) is 9.78 Å². The van der Waals surface area contributed by atoms with Crippen molar-refractivity contribution in [2.24, 2.45) is 0 Å². The Kier molecular flexibility index (Phi) is 5.48. The lowest BCUT2D eigenvalue weighted by molar-refractivity contribution is 0.102. The zero-order valence-corrected chi connectivity index (χ0v) is 14.6. The SMILES string of the molecule is O=C(Nc1cc(Cl)cc(Cl)c1)c1ccc(NCc2ccccn2)nc1. The van der Waals surface area contributed by atoms with Crippen molar-refractivity contribution in [3.8, 4) is 0 Å². The van der Waals surface area contributed by atoms with Crippen LogP contribution in [0.1, 0.15) is 16.1 Å². The van der Waals surface area contributed by atoms with Crippen molar-refractivity contribution in [2.45, 2.75) is 6.54 Å². The van der Waals surface area contributed by atoms with E-state index in [4.69, 9.17) is 23.2 Å². The molecule has 0 aliphatic rings. The topological polar surface area (TPSA) is 66.9 Å². The summed E-state index contributed by atoms with van der Waals surface area (Å²) in [7, 11) is 0. The van der Waals surface area contributed by atoms with E-state index in [-0.39, 0.29) is 5.91 Å². The van der Waals surface area contributed by atoms with Crippen molar-refractivity contribution in [3.63, 3.8) is 0 Å². The van der Waals surface area contributed by atoms with E-state index in [0.717, 1.165) is 5.69 Å². The number of halogens is 2. The van der Waals surface area contributed by atoms with Gasteiger partial charge in [0, 0.05) is 28.1 Å². The van der Waals surface area contributed by atoms with Gasteiger partial charge in [0.2, 0.25) is 0 Å². The van der Waals surface area contributed by atoms with E-state index in [0.29, 0.717) is 33.7 Å². The molecule has 1 aromatic carbocycles. The summed E-state index contributed by atoms with van der Waals surface area (Å²) in [5.74, 6) is 0.370. The molecule has 25 heavy (non-hydrogen) atoms. The molecule has 0 aliphatic heterocycles. The number of anilines is 2. The van der Waals surface area contributed by atoms with Crippen molar-refractivity contribution in [3.05, 3.63) is 82.2 Å². The maximum Gasteiger partial charge on any atom is 0.257 e. The Balaban J connectivity index is 1.62. The average molecular weight is 373 g/mol. The predicted octanol–water partition coefficient (Wildman–Crippen LogP) is 4.65. The number of pyridine rings is 2. The molecular formula is C18H14Cl2N4O. The molecule has 2 heterocycles. The lowest BCUT2D eigenvalue weighted by Gasteiger charge is -2.08. The number of aromatic nitrogens is 2. The molecule has 2 aromatic heterocycles. The number of hydrogen-bond acceptors (Lipinski definition) is 4. The first-order chi connectivity index (χ1) is 12.1. The third-order valence-electron chi connectivity index (χ3n) is 3.32. The zero-order chi connectivity index (χ0) is 17.6. The summed E-state index contributed by atoms with van der Waals surface area (Å²) in [5.41, 5.74) is 1.86. The molecule has 2 N–H and O–H groups in total. The highest BCUT2D eigenvalue weighted by Gasteiger charge is 2.08. The smallest absolute Gasteiger partial charge is 0.257 e. The quantitative estimate of drug-likeness (QED) is 0.683. The molecule has 0 atom stereocenters. The van der Waals surface area contributed by atoms with Gasteiger partial charge in [-0.2, -0.15) is 0 Å². The summed E-state index contributed by atoms with van der Waals surface area (Å²) < 4.78 is 0. The van der Waals surface area contributed by atoms with E-state index in [9.17, 15) is 4.79 Å². The minimum Gasteiger partial charge on any atom is -0.364 e. The van der Waals surface area contributed by atoms with E-state index >= 15 is 0 Å². The van der Waals surface area contributed by atoms with Crippen LogP contribution in [0.3, 0.4) is 0 Å². The number of nitrogens with zero attached hydrogens (tertiary/aromatic N) is 2. The van der Waals surface area contributed by atoms with Gasteiger partial charge >= 0.3 is 0 Å². The number of benzene rings is 1. The maximum absolute atomic E-state index is 12.3. The first kappa shape index (κ1) is 17.2. The summed E-state index contributed by atoms with van der Waals surface area (Å²) in [6.45, 7) is 0.556. The second-order valence-corrected chi connectivity index (χ2v) is 6.09. The Morgan fingerprint density at radius 1 is 1.00 bits per heavy atom. The van der Waals surface area contributed by atoms with Crippen molar-refractivity contribution in [2.75, 3.05) is 10.6 Å². The van der Waals surface area contributed by atoms with Crippen molar-refractivity contribution < 1.29 is 4.79 Å². The average Bonchev–Trinajstić information content (AvgIpc) is 2.60. The third kappa shape index (κ3) is 4.92. The number of rotatable bonds is 5. The van der Waals surface area contributed by atoms with E-state index in [1.807, 2.05) is 18.2 Å². The summed E-state index contributed by atoms with van der Waals surface area (Å²) in [6.07, 6.45) is 3.24. The van der Waals surface area contributed by atoms with Gasteiger partial charge in [0.25, 0.3) is 5.91 Å². The molecule has 0 fully saturated rings. The van der Waals surface area contributed by atoms with Crippen molar-refractivity contribution in [1.29, 1.82) is 0 Å². The van der Waals surface area contributed by atoms with Crippen LogP contribution >= 0.6 is 23.2 Å². The number of nitrogens with one attached hydrogen (secondary N) is 2. The molecule has 5 nitrogen and oxygen atoms in total. The molecule has 0 spiro atoms. The fourth-order valence-corrected chi connectivity index (χ4v) is 2.67. The van der Waals surface area contributed by atoms with Gasteiger partial charge in [-0.25, -0.2) is 4.98 Å². The Morgan fingerprint density at radius 3 is 2.44 bits per heavy atom. The van der Waals surface area contributed by atoms with E-state index in [1.165, 1.54) is 6.20 Å². The van der Waals surface area contributed by atoms with E-state index < -0.39 is 0 Å². The molecule has 0 unspecified atom stereocenters. The lowest BCUT2D eigenvalue weighted by Crippen LogP contribution is -2.12. The van der Waals surface area contributed by atoms with Gasteiger partial charge < -0.3 is 10.6 Å². The van der Waals surface area contributed by atoms with Crippen LogP contribution < -0.4 is 10.6 Å². The highest BCUT2D eigenvalue weighted by Crippen LogP contribution is 2.23. The van der Waals surface area contributed by atoms with Crippen LogP contribution in [0.25, 0.3) is 0 Å². The van der Waals surface area contributed by atoms with Crippen molar-refractivity contribution in [1.82, 2.24) is 9.97 Å². The van der Waals surface area contributed by atoms with E-state index in [1.54, 1.807) is 36.5 Å². The first-order valence-electron chi connectivity index (χ1n) is 7.47. The summed E-state index contributed by atoms with van der Waals surface area (Å²) in [6, 6.07) is 14.0. The van der Waals surface area contributed by atoms with Crippen LogP contribution in [-0.2, 0) is 6.54 Å². The minimum absolute atomic E-state index is 0.290. The minimum atomic E-state index is -0.290. The third-order valence-corrected chi connectivity index (χ3v) is 3.76. The molecule has 0 radical (unpaired) electrons. The van der Waals surface area contributed by atoms with Gasteiger partial charge in [-0.05, 0) is 42.5 Å². The lowest BCUT2D eigenvalue weighted by atomic mass is 10.2. The highest BCUT2D eigenvalue weighted by molar-refractivity contribution is 6.35. The van der Waals surface area contributed by atoms with Gasteiger partial charge in [0.15, 0.2) is 0 Å². The number of amides is 1. The monoisotopic (exact) mass is 372 g/mol. The van der Waals surface area contributed by atoms with Gasteiger partial charge in [-0.15, -0.1) is 0 Å². The van der Waals surface area contributed by atoms with Crippen LogP contribution in [0.2, 0.25) is 10.0 Å². The molecule has 0 aliphatic carbocycles. The number of carbonyl (C=O) groups excluding carboxylic acids is 1. The van der Waals surface area contributed by atoms with Crippen LogP contribution in [-0.4, -0.2) is 15.9 Å². The fourth-order valence-electron chi connectivity index (χ4n) is 2.15. The standard InChI is InChI=1S/C18H14Cl2N4O/c19-13-7-14(20)9-16(8-13)24-18(25)12-4-5-17(22-10-12)23-11-15-3-1-2-6-21-15/h1-10H,11H2,(H,22,23)(H,24,25). The largest absolute Gasteiger partial charge is 0.364 e. The molecule has 0 saturated heterocycles. The van der Waals surface area contributed by atoms with Crippen LogP contribution in [0.4, 0.5) is 11.5 Å². The highest BCUT2D eigenvalue weighted by atomic mass is 35.5. The van der Waals surface area contributed by atoms with Crippen LogP contribution in [0, 0.1) is 0 Å². The Morgan fingerprint density at radius 2 is 1.80 bits per heavy atom. The molecular weight excluding hydrogens is 359 g/mol. The van der Waals surface area contributed by atoms with Gasteiger partial charge in [-0.1, -0.05) is 29.3 Å². The normalized spacial score (nSPS) is 10.3. The Labute approximate surface area is 155 Å². The molecule has 3 aromatic rings. The second kappa shape index (κ2) is 7.96. The van der Waals surface area contributed by atoms with E-state index in [2.05, 4.69) is 20.6 Å². The Bertz CT molecular complexity index is 850. The summed E-state index contributed by atoms with van der Waals surface area (Å²) in [4.78, 5) is 20.7. The molecule has 0 saturated carbocycles. The summed E-state index contributed by atoms with van der Waals surface area (Å²) in [5, 5.41) is 6.80. The van der Waals surface area contributed by atoms with Gasteiger partial charge in [0.1, 0.15) is 5.82 Å². The second-order valence-electron chi connectivity index (χ2n) is 5.22. The predicted molar refractivity (Wildman–Crippen MR) is 100 cm³/mol. The molecule has 126 valence electrons. The Hall–Kier alpha value is -2.63. The van der Waals surface area contributed by atoms with Crippen LogP contribution in [0.15, 0.2) is 60.9 Å². The number of carbonyl (C=O) groups is 1. The zero-order valence-electron chi connectivity index (χ0n) is 13.0. The molecule has 0 bridgehead atoms. The molecule has 1 amide bonds. The van der Waals surface area contributed by atoms with Crippen LogP contribution in [0.5, 0.6) is 0 Å². The maximum atomic E-state index is 12.3. The fraction of sp³-hybridized carbons (Fsp3) is 0.0556. The first-order valence-corrected chi connectivity index (χ1v) is 8.23. The number of hydrogen-bond donors (Lipinski definition) is 2. The molecule has 3 rings (SSSR count). The van der Waals surface area contributed by atoms with Crippen molar-refractivity contribution >= 4 is 40.6 Å². The molecule has 7 heteroatoms.